The number of carbonyl (C=O) groups excluding carboxylic acids is 1. The van der Waals surface area contributed by atoms with E-state index in [2.05, 4.69) is 41.3 Å². The summed E-state index contributed by atoms with van der Waals surface area (Å²) in [5.74, 6) is 0.389. The van der Waals surface area contributed by atoms with Gasteiger partial charge in [0.2, 0.25) is 5.91 Å². The minimum absolute atomic E-state index is 0.143. The van der Waals surface area contributed by atoms with Crippen LogP contribution in [-0.4, -0.2) is 47.0 Å². The molecule has 1 aromatic carbocycles. The van der Waals surface area contributed by atoms with Crippen LogP contribution in [0.3, 0.4) is 0 Å². The minimum Gasteiger partial charge on any atom is -0.388 e. The molecule has 1 fully saturated rings. The van der Waals surface area contributed by atoms with Crippen LogP contribution < -0.4 is 0 Å². The van der Waals surface area contributed by atoms with E-state index >= 15 is 0 Å². The Morgan fingerprint density at radius 1 is 1.12 bits per heavy atom. The fourth-order valence-electron chi connectivity index (χ4n) is 4.38. The van der Waals surface area contributed by atoms with Gasteiger partial charge in [-0.1, -0.05) is 24.3 Å². The molecule has 3 aliphatic rings. The Hall–Kier alpha value is -2.07. The minimum atomic E-state index is -0.425. The van der Waals surface area contributed by atoms with Gasteiger partial charge < -0.3 is 14.9 Å². The summed E-state index contributed by atoms with van der Waals surface area (Å²) in [6.45, 7) is 5.26. The lowest BCUT2D eigenvalue weighted by Crippen LogP contribution is -2.38. The van der Waals surface area contributed by atoms with E-state index in [9.17, 15) is 9.90 Å². The highest BCUT2D eigenvalue weighted by Gasteiger charge is 2.28. The van der Waals surface area contributed by atoms with Crippen molar-refractivity contribution < 1.29 is 9.90 Å². The SMILES string of the molecule is CC(=O)N1CCC(C(O)c2ccc3c(c2)CCN(C2=CC=C2)CC3)CC1. The molecular weight excluding hydrogens is 324 g/mol. The van der Waals surface area contributed by atoms with Crippen LogP contribution in [0.5, 0.6) is 0 Å². The summed E-state index contributed by atoms with van der Waals surface area (Å²) in [7, 11) is 0. The van der Waals surface area contributed by atoms with E-state index in [1.165, 1.54) is 16.8 Å². The summed E-state index contributed by atoms with van der Waals surface area (Å²) in [5.41, 5.74) is 5.18. The molecular formula is C22H28N2O2. The number of hydrogen-bond donors (Lipinski definition) is 1. The van der Waals surface area contributed by atoms with Gasteiger partial charge in [-0.05, 0) is 60.4 Å². The van der Waals surface area contributed by atoms with Crippen molar-refractivity contribution in [3.05, 3.63) is 58.8 Å². The lowest BCUT2D eigenvalue weighted by atomic mass is 9.86. The molecule has 26 heavy (non-hydrogen) atoms. The summed E-state index contributed by atoms with van der Waals surface area (Å²) in [4.78, 5) is 15.8. The third-order valence-corrected chi connectivity index (χ3v) is 6.20. The highest BCUT2D eigenvalue weighted by molar-refractivity contribution is 5.73. The van der Waals surface area contributed by atoms with Gasteiger partial charge in [-0.15, -0.1) is 0 Å². The van der Waals surface area contributed by atoms with Gasteiger partial charge in [0.1, 0.15) is 0 Å². The van der Waals surface area contributed by atoms with E-state index < -0.39 is 6.10 Å². The van der Waals surface area contributed by atoms with Crippen molar-refractivity contribution >= 4 is 5.91 Å². The molecule has 0 aromatic heterocycles. The Bertz CT molecular complexity index is 745. The van der Waals surface area contributed by atoms with Crippen molar-refractivity contribution in [3.8, 4) is 0 Å². The second kappa shape index (κ2) is 7.28. The van der Waals surface area contributed by atoms with Crippen LogP contribution in [-0.2, 0) is 17.6 Å². The van der Waals surface area contributed by atoms with Gasteiger partial charge in [0.15, 0.2) is 0 Å². The maximum Gasteiger partial charge on any atom is 0.219 e. The molecule has 1 atom stereocenters. The predicted molar refractivity (Wildman–Crippen MR) is 103 cm³/mol. The van der Waals surface area contributed by atoms with Gasteiger partial charge >= 0.3 is 0 Å². The van der Waals surface area contributed by atoms with E-state index in [1.807, 2.05) is 4.90 Å². The number of hydrogen-bond acceptors (Lipinski definition) is 3. The Kier molecular flexibility index (Phi) is 4.86. The first-order chi connectivity index (χ1) is 12.6. The van der Waals surface area contributed by atoms with Gasteiger partial charge in [-0.3, -0.25) is 4.79 Å². The quantitative estimate of drug-likeness (QED) is 0.910. The molecule has 0 bridgehead atoms. The Morgan fingerprint density at radius 2 is 1.81 bits per heavy atom. The number of amides is 1. The molecule has 1 unspecified atom stereocenters. The largest absolute Gasteiger partial charge is 0.388 e. The molecule has 1 aromatic rings. The highest BCUT2D eigenvalue weighted by Crippen LogP contribution is 2.32. The molecule has 0 spiro atoms. The van der Waals surface area contributed by atoms with Gasteiger partial charge in [-0.2, -0.15) is 0 Å². The summed E-state index contributed by atoms with van der Waals surface area (Å²) in [6.07, 6.45) is 9.89. The van der Waals surface area contributed by atoms with Crippen molar-refractivity contribution in [3.63, 3.8) is 0 Å². The van der Waals surface area contributed by atoms with Gasteiger partial charge in [0.25, 0.3) is 0 Å². The molecule has 1 saturated heterocycles. The Labute approximate surface area is 155 Å². The van der Waals surface area contributed by atoms with Gasteiger partial charge in [-0.25, -0.2) is 0 Å². The fourth-order valence-corrected chi connectivity index (χ4v) is 4.38. The number of allylic oxidation sites excluding steroid dienone is 3. The summed E-state index contributed by atoms with van der Waals surface area (Å²) in [5, 5.41) is 10.9. The van der Waals surface area contributed by atoms with E-state index in [4.69, 9.17) is 0 Å². The Balaban J connectivity index is 1.43. The summed E-state index contributed by atoms with van der Waals surface area (Å²) < 4.78 is 0. The number of aliphatic hydroxyl groups excluding tert-OH is 1. The first kappa shape index (κ1) is 17.3. The predicted octanol–water partition coefficient (Wildman–Crippen LogP) is 2.83. The number of carbonyl (C=O) groups is 1. The average molecular weight is 352 g/mol. The van der Waals surface area contributed by atoms with Crippen LogP contribution in [0.2, 0.25) is 0 Å². The number of fused-ring (bicyclic) bond motifs is 1. The molecule has 0 radical (unpaired) electrons. The number of aliphatic hydroxyl groups is 1. The lowest BCUT2D eigenvalue weighted by Gasteiger charge is -2.34. The first-order valence-corrected chi connectivity index (χ1v) is 9.80. The molecule has 1 aliphatic carbocycles. The van der Waals surface area contributed by atoms with Crippen molar-refractivity contribution in [2.75, 3.05) is 26.2 Å². The maximum atomic E-state index is 11.5. The zero-order valence-corrected chi connectivity index (χ0v) is 15.5. The van der Waals surface area contributed by atoms with Crippen molar-refractivity contribution in [1.29, 1.82) is 0 Å². The molecule has 0 saturated carbocycles. The standard InChI is InChI=1S/C22H28N2O2/c1-16(25)23-11-8-18(9-12-23)22(26)20-6-5-17-7-13-24(21-3-2-4-21)14-10-19(17)15-20/h2-6,15,18,22,26H,7-14H2,1H3. The number of nitrogens with zero attached hydrogens (tertiary/aromatic N) is 2. The van der Waals surface area contributed by atoms with Crippen LogP contribution in [0.25, 0.3) is 0 Å². The molecule has 4 heteroatoms. The first-order valence-electron chi connectivity index (χ1n) is 9.80. The zero-order valence-electron chi connectivity index (χ0n) is 15.5. The third-order valence-electron chi connectivity index (χ3n) is 6.20. The topological polar surface area (TPSA) is 43.8 Å². The fraction of sp³-hybridized carbons (Fsp3) is 0.500. The van der Waals surface area contributed by atoms with Crippen LogP contribution in [0.4, 0.5) is 0 Å². The van der Waals surface area contributed by atoms with Gasteiger partial charge in [0, 0.05) is 38.8 Å². The van der Waals surface area contributed by atoms with Crippen molar-refractivity contribution in [2.45, 2.75) is 38.7 Å². The maximum absolute atomic E-state index is 11.5. The lowest BCUT2D eigenvalue weighted by molar-refractivity contribution is -0.130. The van der Waals surface area contributed by atoms with Crippen LogP contribution >= 0.6 is 0 Å². The molecule has 2 aliphatic heterocycles. The zero-order chi connectivity index (χ0) is 18.1. The molecule has 4 nitrogen and oxygen atoms in total. The number of rotatable bonds is 3. The second-order valence-corrected chi connectivity index (χ2v) is 7.75. The van der Waals surface area contributed by atoms with Crippen LogP contribution in [0.15, 0.2) is 42.1 Å². The van der Waals surface area contributed by atoms with Gasteiger partial charge in [0.05, 0.1) is 6.10 Å². The molecule has 1 N–H and O–H groups in total. The highest BCUT2D eigenvalue weighted by atomic mass is 16.3. The summed E-state index contributed by atoms with van der Waals surface area (Å²) >= 11 is 0. The average Bonchev–Trinajstić information content (AvgIpc) is 2.82. The molecule has 138 valence electrons. The van der Waals surface area contributed by atoms with Crippen molar-refractivity contribution in [2.24, 2.45) is 5.92 Å². The second-order valence-electron chi connectivity index (χ2n) is 7.75. The number of piperidine rings is 1. The third kappa shape index (κ3) is 3.43. The van der Waals surface area contributed by atoms with Crippen molar-refractivity contribution in [1.82, 2.24) is 9.80 Å². The number of likely N-dealkylation sites (tertiary alicyclic amines) is 1. The van der Waals surface area contributed by atoms with E-state index in [0.29, 0.717) is 0 Å². The Morgan fingerprint density at radius 3 is 2.42 bits per heavy atom. The monoisotopic (exact) mass is 352 g/mol. The number of benzene rings is 1. The van der Waals surface area contributed by atoms with E-state index in [-0.39, 0.29) is 11.8 Å². The van der Waals surface area contributed by atoms with Crippen LogP contribution in [0, 0.1) is 5.92 Å². The molecule has 4 rings (SSSR count). The van der Waals surface area contributed by atoms with E-state index in [1.54, 1.807) is 6.92 Å². The van der Waals surface area contributed by atoms with Crippen LogP contribution in [0.1, 0.15) is 42.6 Å². The summed E-state index contributed by atoms with van der Waals surface area (Å²) in [6, 6.07) is 6.55. The molecule has 1 amide bonds. The normalized spacial score (nSPS) is 21.5. The smallest absolute Gasteiger partial charge is 0.219 e. The molecule has 2 heterocycles. The van der Waals surface area contributed by atoms with E-state index in [0.717, 1.165) is 57.4 Å².